The van der Waals surface area contributed by atoms with Gasteiger partial charge in [-0.25, -0.2) is 9.37 Å². The van der Waals surface area contributed by atoms with E-state index >= 15 is 0 Å². The SMILES string of the molecule is COc1ccc(F)cc1Cc1ncn(C)c1Br. The molecule has 0 bridgehead atoms. The minimum atomic E-state index is -0.271. The first-order chi connectivity index (χ1) is 8.11. The van der Waals surface area contributed by atoms with Crippen molar-refractivity contribution >= 4 is 15.9 Å². The second kappa shape index (κ2) is 4.87. The first kappa shape index (κ1) is 12.1. The maximum absolute atomic E-state index is 13.2. The first-order valence-corrected chi connectivity index (χ1v) is 5.89. The van der Waals surface area contributed by atoms with Crippen molar-refractivity contribution in [2.45, 2.75) is 6.42 Å². The minimum absolute atomic E-state index is 0.271. The van der Waals surface area contributed by atoms with Crippen molar-refractivity contribution in [3.05, 3.63) is 46.2 Å². The van der Waals surface area contributed by atoms with Gasteiger partial charge < -0.3 is 9.30 Å². The third kappa shape index (κ3) is 2.49. The van der Waals surface area contributed by atoms with Crippen LogP contribution < -0.4 is 4.74 Å². The van der Waals surface area contributed by atoms with E-state index in [1.807, 2.05) is 11.6 Å². The lowest BCUT2D eigenvalue weighted by molar-refractivity contribution is 0.409. The summed E-state index contributed by atoms with van der Waals surface area (Å²) in [7, 11) is 3.47. The summed E-state index contributed by atoms with van der Waals surface area (Å²) in [6.45, 7) is 0. The van der Waals surface area contributed by atoms with Crippen LogP contribution in [-0.2, 0) is 13.5 Å². The molecule has 3 nitrogen and oxygen atoms in total. The van der Waals surface area contributed by atoms with E-state index in [1.165, 1.54) is 12.1 Å². The summed E-state index contributed by atoms with van der Waals surface area (Å²) in [4.78, 5) is 4.25. The summed E-state index contributed by atoms with van der Waals surface area (Å²) < 4.78 is 21.2. The Balaban J connectivity index is 2.35. The number of imidazole rings is 1. The summed E-state index contributed by atoms with van der Waals surface area (Å²) in [5, 5.41) is 0. The highest BCUT2D eigenvalue weighted by Gasteiger charge is 2.11. The van der Waals surface area contributed by atoms with Crippen LogP contribution in [0.15, 0.2) is 29.1 Å². The maximum atomic E-state index is 13.2. The van der Waals surface area contributed by atoms with Crippen LogP contribution in [0.3, 0.4) is 0 Å². The van der Waals surface area contributed by atoms with Crippen molar-refractivity contribution in [3.8, 4) is 5.75 Å². The number of aromatic nitrogens is 2. The number of ether oxygens (including phenoxy) is 1. The van der Waals surface area contributed by atoms with E-state index in [4.69, 9.17) is 4.74 Å². The van der Waals surface area contributed by atoms with Crippen LogP contribution in [0.25, 0.3) is 0 Å². The van der Waals surface area contributed by atoms with Gasteiger partial charge in [0.2, 0.25) is 0 Å². The van der Waals surface area contributed by atoms with Crippen LogP contribution in [0.1, 0.15) is 11.3 Å². The molecule has 0 unspecified atom stereocenters. The Labute approximate surface area is 107 Å². The summed E-state index contributed by atoms with van der Waals surface area (Å²) in [6, 6.07) is 4.48. The molecule has 0 aliphatic heterocycles. The molecule has 90 valence electrons. The van der Waals surface area contributed by atoms with Gasteiger partial charge in [-0.1, -0.05) is 0 Å². The van der Waals surface area contributed by atoms with Gasteiger partial charge in [0.25, 0.3) is 0 Å². The molecular formula is C12H12BrFN2O. The monoisotopic (exact) mass is 298 g/mol. The summed E-state index contributed by atoms with van der Waals surface area (Å²) in [5.41, 5.74) is 1.64. The predicted octanol–water partition coefficient (Wildman–Crippen LogP) is 2.92. The van der Waals surface area contributed by atoms with Gasteiger partial charge in [0.15, 0.2) is 0 Å². The zero-order valence-electron chi connectivity index (χ0n) is 9.58. The highest BCUT2D eigenvalue weighted by Crippen LogP contribution is 2.25. The molecule has 0 N–H and O–H groups in total. The second-order valence-electron chi connectivity index (χ2n) is 3.73. The molecule has 0 fully saturated rings. The zero-order valence-corrected chi connectivity index (χ0v) is 11.2. The van der Waals surface area contributed by atoms with Crippen LogP contribution in [0.5, 0.6) is 5.75 Å². The molecule has 0 saturated carbocycles. The van der Waals surface area contributed by atoms with E-state index in [0.29, 0.717) is 12.2 Å². The fourth-order valence-corrected chi connectivity index (χ4v) is 1.98. The van der Waals surface area contributed by atoms with Gasteiger partial charge in [0.1, 0.15) is 16.2 Å². The lowest BCUT2D eigenvalue weighted by Gasteiger charge is -2.07. The Morgan fingerprint density at radius 1 is 1.47 bits per heavy atom. The molecule has 0 spiro atoms. The van der Waals surface area contributed by atoms with Crippen LogP contribution in [0, 0.1) is 5.82 Å². The number of rotatable bonds is 3. The van der Waals surface area contributed by atoms with Crippen molar-refractivity contribution in [1.82, 2.24) is 9.55 Å². The van der Waals surface area contributed by atoms with Gasteiger partial charge >= 0.3 is 0 Å². The van der Waals surface area contributed by atoms with E-state index in [-0.39, 0.29) is 5.82 Å². The fourth-order valence-electron chi connectivity index (χ4n) is 1.65. The molecule has 2 rings (SSSR count). The molecule has 0 radical (unpaired) electrons. The van der Waals surface area contributed by atoms with Gasteiger partial charge in [-0.3, -0.25) is 0 Å². The van der Waals surface area contributed by atoms with Gasteiger partial charge in [0, 0.05) is 19.0 Å². The van der Waals surface area contributed by atoms with E-state index < -0.39 is 0 Å². The Kier molecular flexibility index (Phi) is 3.47. The largest absolute Gasteiger partial charge is 0.496 e. The standard InChI is InChI=1S/C12H12BrFN2O/c1-16-7-15-10(12(16)13)6-8-5-9(14)3-4-11(8)17-2/h3-5,7H,6H2,1-2H3. The van der Waals surface area contributed by atoms with Crippen LogP contribution in [-0.4, -0.2) is 16.7 Å². The highest BCUT2D eigenvalue weighted by atomic mass is 79.9. The molecule has 0 amide bonds. The van der Waals surface area contributed by atoms with Crippen molar-refractivity contribution in [2.24, 2.45) is 7.05 Å². The number of nitrogens with zero attached hydrogens (tertiary/aromatic N) is 2. The lowest BCUT2D eigenvalue weighted by Crippen LogP contribution is -1.96. The predicted molar refractivity (Wildman–Crippen MR) is 66.7 cm³/mol. The smallest absolute Gasteiger partial charge is 0.123 e. The minimum Gasteiger partial charge on any atom is -0.496 e. The summed E-state index contributed by atoms with van der Waals surface area (Å²) >= 11 is 3.44. The van der Waals surface area contributed by atoms with Gasteiger partial charge in [-0.05, 0) is 34.1 Å². The molecule has 0 atom stereocenters. The molecule has 1 heterocycles. The molecular weight excluding hydrogens is 287 g/mol. The van der Waals surface area contributed by atoms with Crippen LogP contribution >= 0.6 is 15.9 Å². The van der Waals surface area contributed by atoms with Crippen molar-refractivity contribution in [3.63, 3.8) is 0 Å². The quantitative estimate of drug-likeness (QED) is 0.871. The molecule has 17 heavy (non-hydrogen) atoms. The average Bonchev–Trinajstić information content (AvgIpc) is 2.61. The van der Waals surface area contributed by atoms with Gasteiger partial charge in [-0.2, -0.15) is 0 Å². The van der Waals surface area contributed by atoms with Crippen molar-refractivity contribution in [1.29, 1.82) is 0 Å². The lowest BCUT2D eigenvalue weighted by atomic mass is 10.1. The molecule has 5 heteroatoms. The molecule has 1 aromatic heterocycles. The number of hydrogen-bond donors (Lipinski definition) is 0. The molecule has 1 aromatic carbocycles. The molecule has 0 saturated heterocycles. The van der Waals surface area contributed by atoms with Crippen molar-refractivity contribution in [2.75, 3.05) is 7.11 Å². The molecule has 2 aromatic rings. The van der Waals surface area contributed by atoms with Crippen LogP contribution in [0.2, 0.25) is 0 Å². The van der Waals surface area contributed by atoms with E-state index in [9.17, 15) is 4.39 Å². The fraction of sp³-hybridized carbons (Fsp3) is 0.250. The van der Waals surface area contributed by atoms with E-state index in [0.717, 1.165) is 15.9 Å². The van der Waals surface area contributed by atoms with Gasteiger partial charge in [0.05, 0.1) is 19.1 Å². The first-order valence-electron chi connectivity index (χ1n) is 5.10. The maximum Gasteiger partial charge on any atom is 0.123 e. The van der Waals surface area contributed by atoms with Gasteiger partial charge in [-0.15, -0.1) is 0 Å². The third-order valence-corrected chi connectivity index (χ3v) is 3.55. The highest BCUT2D eigenvalue weighted by molar-refractivity contribution is 9.10. The third-order valence-electron chi connectivity index (χ3n) is 2.53. The summed E-state index contributed by atoms with van der Waals surface area (Å²) in [5.74, 6) is 0.400. The number of aryl methyl sites for hydroxylation is 1. The zero-order chi connectivity index (χ0) is 12.4. The average molecular weight is 299 g/mol. The number of benzene rings is 1. The summed E-state index contributed by atoms with van der Waals surface area (Å²) in [6.07, 6.45) is 2.24. The molecule has 0 aliphatic rings. The van der Waals surface area contributed by atoms with Crippen LogP contribution in [0.4, 0.5) is 4.39 Å². The number of hydrogen-bond acceptors (Lipinski definition) is 2. The Bertz CT molecular complexity index is 539. The number of methoxy groups -OCH3 is 1. The Morgan fingerprint density at radius 2 is 2.24 bits per heavy atom. The second-order valence-corrected chi connectivity index (χ2v) is 4.48. The topological polar surface area (TPSA) is 27.1 Å². The number of halogens is 2. The Morgan fingerprint density at radius 3 is 2.82 bits per heavy atom. The van der Waals surface area contributed by atoms with E-state index in [1.54, 1.807) is 19.5 Å². The Hall–Kier alpha value is -1.36. The van der Waals surface area contributed by atoms with E-state index in [2.05, 4.69) is 20.9 Å². The van der Waals surface area contributed by atoms with Crippen molar-refractivity contribution < 1.29 is 9.13 Å². The molecule has 0 aliphatic carbocycles. The normalized spacial score (nSPS) is 10.6.